The number of carbonyl (C=O) groups is 4. The van der Waals surface area contributed by atoms with Crippen molar-refractivity contribution in [3.05, 3.63) is 0 Å². The monoisotopic (exact) mass is 385 g/mol. The molecule has 12 heteroatoms. The molecule has 1 saturated heterocycles. The Morgan fingerprint density at radius 1 is 1.22 bits per heavy atom. The third kappa shape index (κ3) is 7.09. The standard InChI is InChI=1S/C15H27N7O5/c16-8(7-11(17)23)13(25)22-6-2-4-10(22)12(24)21-9(14(26)27)3-1-5-20-15(18)19/h8-10H,1-7,16H2,(H2,17,23)(H,21,24)(H,26,27)(H4,18,19,20)/t8-,9-,10-/m0/s1. The van der Waals surface area contributed by atoms with Crippen LogP contribution in [0.15, 0.2) is 4.99 Å². The second-order valence-corrected chi connectivity index (χ2v) is 6.31. The van der Waals surface area contributed by atoms with E-state index in [1.807, 2.05) is 0 Å². The molecule has 10 N–H and O–H groups in total. The second kappa shape index (κ2) is 10.3. The van der Waals surface area contributed by atoms with Crippen LogP contribution in [0.2, 0.25) is 0 Å². The van der Waals surface area contributed by atoms with Gasteiger partial charge in [0.1, 0.15) is 12.1 Å². The van der Waals surface area contributed by atoms with Crippen molar-refractivity contribution in [3.63, 3.8) is 0 Å². The Hall–Kier alpha value is -2.89. The van der Waals surface area contributed by atoms with Crippen molar-refractivity contribution in [1.82, 2.24) is 10.2 Å². The third-order valence-electron chi connectivity index (χ3n) is 4.14. The number of nitrogens with zero attached hydrogens (tertiary/aromatic N) is 2. The number of nitrogens with two attached hydrogens (primary N) is 4. The second-order valence-electron chi connectivity index (χ2n) is 6.31. The molecule has 1 heterocycles. The van der Waals surface area contributed by atoms with Gasteiger partial charge in [0.25, 0.3) is 0 Å². The van der Waals surface area contributed by atoms with E-state index in [0.29, 0.717) is 25.8 Å². The number of hydrogen-bond acceptors (Lipinski definition) is 6. The first-order valence-electron chi connectivity index (χ1n) is 8.56. The minimum Gasteiger partial charge on any atom is -0.480 e. The normalized spacial score (nSPS) is 18.4. The molecule has 12 nitrogen and oxygen atoms in total. The highest BCUT2D eigenvalue weighted by atomic mass is 16.4. The Morgan fingerprint density at radius 2 is 1.89 bits per heavy atom. The first-order valence-corrected chi connectivity index (χ1v) is 8.56. The molecule has 0 spiro atoms. The summed E-state index contributed by atoms with van der Waals surface area (Å²) in [5, 5.41) is 11.7. The lowest BCUT2D eigenvalue weighted by Crippen LogP contribution is -2.54. The molecule has 0 aliphatic carbocycles. The Labute approximate surface area is 156 Å². The zero-order valence-electron chi connectivity index (χ0n) is 15.0. The summed E-state index contributed by atoms with van der Waals surface area (Å²) in [6.45, 7) is 0.531. The number of guanidine groups is 1. The van der Waals surface area contributed by atoms with Gasteiger partial charge in [-0.05, 0) is 25.7 Å². The van der Waals surface area contributed by atoms with Crippen LogP contribution >= 0.6 is 0 Å². The molecule has 0 aromatic carbocycles. The van der Waals surface area contributed by atoms with Gasteiger partial charge in [0.2, 0.25) is 17.7 Å². The Morgan fingerprint density at radius 3 is 2.44 bits per heavy atom. The summed E-state index contributed by atoms with van der Waals surface area (Å²) in [5.41, 5.74) is 21.1. The maximum Gasteiger partial charge on any atom is 0.326 e. The highest BCUT2D eigenvalue weighted by Gasteiger charge is 2.37. The molecule has 3 atom stereocenters. The van der Waals surface area contributed by atoms with E-state index >= 15 is 0 Å². The molecule has 1 aliphatic heterocycles. The number of likely N-dealkylation sites (tertiary alicyclic amines) is 1. The van der Waals surface area contributed by atoms with E-state index in [4.69, 9.17) is 22.9 Å². The molecule has 27 heavy (non-hydrogen) atoms. The first-order chi connectivity index (χ1) is 12.6. The van der Waals surface area contributed by atoms with Gasteiger partial charge in [0.15, 0.2) is 5.96 Å². The lowest BCUT2D eigenvalue weighted by atomic mass is 10.1. The molecule has 0 aromatic rings. The van der Waals surface area contributed by atoms with Crippen molar-refractivity contribution in [3.8, 4) is 0 Å². The van der Waals surface area contributed by atoms with E-state index in [-0.39, 0.29) is 25.3 Å². The molecule has 0 aromatic heterocycles. The third-order valence-corrected chi connectivity index (χ3v) is 4.14. The molecule has 152 valence electrons. The van der Waals surface area contributed by atoms with E-state index in [1.54, 1.807) is 0 Å². The topological polar surface area (TPSA) is 220 Å². The van der Waals surface area contributed by atoms with E-state index in [0.717, 1.165) is 0 Å². The van der Waals surface area contributed by atoms with Crippen molar-refractivity contribution < 1.29 is 24.3 Å². The molecule has 0 unspecified atom stereocenters. The molecule has 1 aliphatic rings. The Balaban J connectivity index is 2.68. The summed E-state index contributed by atoms with van der Waals surface area (Å²) >= 11 is 0. The van der Waals surface area contributed by atoms with Crippen molar-refractivity contribution in [2.45, 2.75) is 50.2 Å². The van der Waals surface area contributed by atoms with Gasteiger partial charge in [0.05, 0.1) is 12.5 Å². The van der Waals surface area contributed by atoms with Crippen LogP contribution in [0.5, 0.6) is 0 Å². The number of aliphatic imine (C=N–C) groups is 1. The molecule has 0 radical (unpaired) electrons. The number of carbonyl (C=O) groups excluding carboxylic acids is 3. The summed E-state index contributed by atoms with van der Waals surface area (Å²) in [6.07, 6.45) is 1.09. The van der Waals surface area contributed by atoms with Gasteiger partial charge < -0.3 is 38.3 Å². The summed E-state index contributed by atoms with van der Waals surface area (Å²) < 4.78 is 0. The van der Waals surface area contributed by atoms with Gasteiger partial charge in [-0.3, -0.25) is 19.4 Å². The average Bonchev–Trinajstić information content (AvgIpc) is 3.05. The van der Waals surface area contributed by atoms with Crippen LogP contribution in [0, 0.1) is 0 Å². The maximum absolute atomic E-state index is 12.5. The average molecular weight is 385 g/mol. The van der Waals surface area contributed by atoms with Gasteiger partial charge in [-0.2, -0.15) is 0 Å². The van der Waals surface area contributed by atoms with E-state index in [2.05, 4.69) is 10.3 Å². The smallest absolute Gasteiger partial charge is 0.326 e. The summed E-state index contributed by atoms with van der Waals surface area (Å²) in [4.78, 5) is 52.2. The quantitative estimate of drug-likeness (QED) is 0.127. The number of carboxylic acids is 1. The van der Waals surface area contributed by atoms with Gasteiger partial charge in [0, 0.05) is 13.1 Å². The number of nitrogens with one attached hydrogen (secondary N) is 1. The lowest BCUT2D eigenvalue weighted by molar-refractivity contribution is -0.144. The zero-order valence-corrected chi connectivity index (χ0v) is 15.0. The zero-order chi connectivity index (χ0) is 20.6. The van der Waals surface area contributed by atoms with Crippen LogP contribution in [0.3, 0.4) is 0 Å². The predicted molar refractivity (Wildman–Crippen MR) is 96.0 cm³/mol. The minimum absolute atomic E-state index is 0.0988. The highest BCUT2D eigenvalue weighted by Crippen LogP contribution is 2.19. The molecule has 1 rings (SSSR count). The molecular weight excluding hydrogens is 358 g/mol. The van der Waals surface area contributed by atoms with Crippen molar-refractivity contribution >= 4 is 29.7 Å². The Bertz CT molecular complexity index is 605. The number of amides is 3. The molecule has 1 fully saturated rings. The SMILES string of the molecule is NC(=O)C[C@H](N)C(=O)N1CCC[C@H]1C(=O)N[C@@H](CCCN=C(N)N)C(=O)O. The van der Waals surface area contributed by atoms with Crippen LogP contribution in [0.1, 0.15) is 32.1 Å². The molecular formula is C15H27N7O5. The van der Waals surface area contributed by atoms with Crippen LogP contribution in [-0.2, 0) is 19.2 Å². The van der Waals surface area contributed by atoms with Crippen LogP contribution in [0.4, 0.5) is 0 Å². The van der Waals surface area contributed by atoms with Gasteiger partial charge in [-0.25, -0.2) is 4.79 Å². The maximum atomic E-state index is 12.5. The molecule has 0 bridgehead atoms. The number of rotatable bonds is 10. The number of aliphatic carboxylic acids is 1. The van der Waals surface area contributed by atoms with E-state index in [9.17, 15) is 24.3 Å². The van der Waals surface area contributed by atoms with Gasteiger partial charge >= 0.3 is 5.97 Å². The first kappa shape index (κ1) is 22.2. The minimum atomic E-state index is -1.20. The highest BCUT2D eigenvalue weighted by molar-refractivity contribution is 5.93. The fourth-order valence-corrected chi connectivity index (χ4v) is 2.85. The lowest BCUT2D eigenvalue weighted by Gasteiger charge is -2.27. The van der Waals surface area contributed by atoms with Gasteiger partial charge in [-0.1, -0.05) is 0 Å². The fraction of sp³-hybridized carbons (Fsp3) is 0.667. The summed E-state index contributed by atoms with van der Waals surface area (Å²) in [5.74, 6) is -3.16. The van der Waals surface area contributed by atoms with Crippen molar-refractivity contribution in [2.75, 3.05) is 13.1 Å². The van der Waals surface area contributed by atoms with Crippen LogP contribution in [-0.4, -0.2) is 70.9 Å². The molecule has 3 amide bonds. The number of carboxylic acid groups (broad SMARTS) is 1. The Kier molecular flexibility index (Phi) is 8.45. The fourth-order valence-electron chi connectivity index (χ4n) is 2.85. The van der Waals surface area contributed by atoms with Crippen molar-refractivity contribution in [1.29, 1.82) is 0 Å². The molecule has 0 saturated carbocycles. The van der Waals surface area contributed by atoms with Crippen LogP contribution in [0.25, 0.3) is 0 Å². The van der Waals surface area contributed by atoms with Crippen molar-refractivity contribution in [2.24, 2.45) is 27.9 Å². The summed E-state index contributed by atoms with van der Waals surface area (Å²) in [7, 11) is 0. The largest absolute Gasteiger partial charge is 0.480 e. The van der Waals surface area contributed by atoms with E-state index in [1.165, 1.54) is 4.90 Å². The van der Waals surface area contributed by atoms with E-state index < -0.39 is 41.8 Å². The van der Waals surface area contributed by atoms with Crippen LogP contribution < -0.4 is 28.3 Å². The van der Waals surface area contributed by atoms with Gasteiger partial charge in [-0.15, -0.1) is 0 Å². The summed E-state index contributed by atoms with van der Waals surface area (Å²) in [6, 6.07) is -3.11. The number of hydrogen-bond donors (Lipinski definition) is 6. The number of primary amides is 1. The predicted octanol–water partition coefficient (Wildman–Crippen LogP) is -3.20.